The lowest BCUT2D eigenvalue weighted by atomic mass is 9.63. The second kappa shape index (κ2) is 4.81. The van der Waals surface area contributed by atoms with Gasteiger partial charge in [-0.2, -0.15) is 0 Å². The SMILES string of the molecule is COc1c(C)cc(C)c(C2(CN)CCC2)c1OC. The number of ether oxygens (including phenoxy) is 2. The third-order valence-corrected chi connectivity index (χ3v) is 4.26. The van der Waals surface area contributed by atoms with Crippen molar-refractivity contribution < 1.29 is 9.47 Å². The van der Waals surface area contributed by atoms with Crippen molar-refractivity contribution in [2.45, 2.75) is 38.5 Å². The van der Waals surface area contributed by atoms with Crippen LogP contribution in [0.2, 0.25) is 0 Å². The van der Waals surface area contributed by atoms with Gasteiger partial charge in [0.15, 0.2) is 11.5 Å². The Kier molecular flexibility index (Phi) is 3.53. The summed E-state index contributed by atoms with van der Waals surface area (Å²) in [5.41, 5.74) is 9.74. The predicted octanol–water partition coefficient (Wildman–Crippen LogP) is 2.70. The number of benzene rings is 1. The molecule has 0 unspecified atom stereocenters. The van der Waals surface area contributed by atoms with E-state index in [-0.39, 0.29) is 5.41 Å². The van der Waals surface area contributed by atoms with Crippen LogP contribution in [0.15, 0.2) is 6.07 Å². The van der Waals surface area contributed by atoms with Crippen LogP contribution in [-0.4, -0.2) is 20.8 Å². The van der Waals surface area contributed by atoms with Crippen LogP contribution in [0.4, 0.5) is 0 Å². The third-order valence-electron chi connectivity index (χ3n) is 4.26. The molecule has 0 spiro atoms. The van der Waals surface area contributed by atoms with Crippen LogP contribution in [0, 0.1) is 13.8 Å². The second-order valence-corrected chi connectivity index (χ2v) is 5.29. The van der Waals surface area contributed by atoms with Gasteiger partial charge in [-0.1, -0.05) is 12.5 Å². The summed E-state index contributed by atoms with van der Waals surface area (Å²) in [5, 5.41) is 0. The fourth-order valence-electron chi connectivity index (χ4n) is 3.20. The van der Waals surface area contributed by atoms with E-state index in [1.54, 1.807) is 14.2 Å². The van der Waals surface area contributed by atoms with Gasteiger partial charge < -0.3 is 15.2 Å². The van der Waals surface area contributed by atoms with Crippen molar-refractivity contribution in [3.8, 4) is 11.5 Å². The molecule has 1 aromatic carbocycles. The Labute approximate surface area is 109 Å². The normalized spacial score (nSPS) is 17.2. The molecule has 0 aromatic heterocycles. The van der Waals surface area contributed by atoms with Gasteiger partial charge in [-0.3, -0.25) is 0 Å². The zero-order valence-electron chi connectivity index (χ0n) is 11.8. The van der Waals surface area contributed by atoms with Gasteiger partial charge in [-0.25, -0.2) is 0 Å². The fraction of sp³-hybridized carbons (Fsp3) is 0.600. The van der Waals surface area contributed by atoms with Crippen LogP contribution >= 0.6 is 0 Å². The van der Waals surface area contributed by atoms with E-state index in [9.17, 15) is 0 Å². The van der Waals surface area contributed by atoms with E-state index in [1.165, 1.54) is 17.5 Å². The Balaban J connectivity index is 2.65. The van der Waals surface area contributed by atoms with Gasteiger partial charge in [0.1, 0.15) is 0 Å². The Morgan fingerprint density at radius 3 is 2.11 bits per heavy atom. The first-order valence-corrected chi connectivity index (χ1v) is 6.52. The molecule has 0 amide bonds. The molecule has 3 nitrogen and oxygen atoms in total. The first-order valence-electron chi connectivity index (χ1n) is 6.52. The molecule has 0 saturated heterocycles. The van der Waals surface area contributed by atoms with Gasteiger partial charge in [0, 0.05) is 17.5 Å². The van der Waals surface area contributed by atoms with Crippen molar-refractivity contribution >= 4 is 0 Å². The molecule has 2 rings (SSSR count). The summed E-state index contributed by atoms with van der Waals surface area (Å²) in [6.45, 7) is 4.87. The van der Waals surface area contributed by atoms with Crippen molar-refractivity contribution in [3.63, 3.8) is 0 Å². The minimum absolute atomic E-state index is 0.0937. The van der Waals surface area contributed by atoms with E-state index in [1.807, 2.05) is 6.92 Å². The summed E-state index contributed by atoms with van der Waals surface area (Å²) < 4.78 is 11.1. The monoisotopic (exact) mass is 249 g/mol. The molecular formula is C15H23NO2. The van der Waals surface area contributed by atoms with Crippen LogP contribution in [0.25, 0.3) is 0 Å². The zero-order valence-corrected chi connectivity index (χ0v) is 11.8. The maximum absolute atomic E-state index is 6.03. The zero-order chi connectivity index (χ0) is 13.3. The highest BCUT2D eigenvalue weighted by atomic mass is 16.5. The van der Waals surface area contributed by atoms with E-state index in [4.69, 9.17) is 15.2 Å². The summed E-state index contributed by atoms with van der Waals surface area (Å²) in [5.74, 6) is 1.72. The van der Waals surface area contributed by atoms with Gasteiger partial charge in [-0.05, 0) is 37.8 Å². The van der Waals surface area contributed by atoms with Crippen LogP contribution in [0.1, 0.15) is 36.0 Å². The van der Waals surface area contributed by atoms with Gasteiger partial charge in [-0.15, -0.1) is 0 Å². The van der Waals surface area contributed by atoms with E-state index >= 15 is 0 Å². The minimum Gasteiger partial charge on any atom is -0.493 e. The van der Waals surface area contributed by atoms with Gasteiger partial charge >= 0.3 is 0 Å². The molecule has 1 aliphatic carbocycles. The molecule has 0 aliphatic heterocycles. The van der Waals surface area contributed by atoms with Crippen molar-refractivity contribution in [3.05, 3.63) is 22.8 Å². The van der Waals surface area contributed by atoms with E-state index < -0.39 is 0 Å². The molecular weight excluding hydrogens is 226 g/mol. The highest BCUT2D eigenvalue weighted by Crippen LogP contribution is 2.51. The topological polar surface area (TPSA) is 44.5 Å². The largest absolute Gasteiger partial charge is 0.493 e. The number of methoxy groups -OCH3 is 2. The first kappa shape index (κ1) is 13.2. The number of hydrogen-bond donors (Lipinski definition) is 1. The van der Waals surface area contributed by atoms with E-state index in [2.05, 4.69) is 13.0 Å². The van der Waals surface area contributed by atoms with Crippen LogP contribution in [0.3, 0.4) is 0 Å². The molecule has 2 N–H and O–H groups in total. The summed E-state index contributed by atoms with van der Waals surface area (Å²) in [6, 6.07) is 2.17. The quantitative estimate of drug-likeness (QED) is 0.892. The van der Waals surface area contributed by atoms with E-state index in [0.29, 0.717) is 6.54 Å². The second-order valence-electron chi connectivity index (χ2n) is 5.29. The molecule has 1 aromatic rings. The molecule has 0 heterocycles. The highest BCUT2D eigenvalue weighted by Gasteiger charge is 2.41. The van der Waals surface area contributed by atoms with Crippen molar-refractivity contribution in [2.75, 3.05) is 20.8 Å². The molecule has 3 heteroatoms. The number of aryl methyl sites for hydroxylation is 2. The molecule has 0 bridgehead atoms. The number of hydrogen-bond acceptors (Lipinski definition) is 3. The fourth-order valence-corrected chi connectivity index (χ4v) is 3.20. The summed E-state index contributed by atoms with van der Waals surface area (Å²) in [7, 11) is 3.41. The Bertz CT molecular complexity index is 445. The lowest BCUT2D eigenvalue weighted by molar-refractivity contribution is 0.238. The third kappa shape index (κ3) is 1.77. The van der Waals surface area contributed by atoms with Gasteiger partial charge in [0.05, 0.1) is 14.2 Å². The maximum atomic E-state index is 6.03. The smallest absolute Gasteiger partial charge is 0.165 e. The first-order chi connectivity index (χ1) is 8.59. The van der Waals surface area contributed by atoms with Crippen molar-refractivity contribution in [2.24, 2.45) is 5.73 Å². The van der Waals surface area contributed by atoms with E-state index in [0.717, 1.165) is 29.9 Å². The average molecular weight is 249 g/mol. The maximum Gasteiger partial charge on any atom is 0.165 e. The number of nitrogens with two attached hydrogens (primary N) is 1. The lowest BCUT2D eigenvalue weighted by Crippen LogP contribution is -2.42. The summed E-state index contributed by atoms with van der Waals surface area (Å²) in [4.78, 5) is 0. The molecule has 18 heavy (non-hydrogen) atoms. The van der Waals surface area contributed by atoms with Crippen LogP contribution in [-0.2, 0) is 5.41 Å². The Morgan fingerprint density at radius 2 is 1.72 bits per heavy atom. The van der Waals surface area contributed by atoms with Gasteiger partial charge in [0.2, 0.25) is 0 Å². The Morgan fingerprint density at radius 1 is 1.11 bits per heavy atom. The molecule has 100 valence electrons. The predicted molar refractivity (Wildman–Crippen MR) is 73.6 cm³/mol. The summed E-state index contributed by atoms with van der Waals surface area (Å²) in [6.07, 6.45) is 3.54. The van der Waals surface area contributed by atoms with Crippen LogP contribution in [0.5, 0.6) is 11.5 Å². The summed E-state index contributed by atoms with van der Waals surface area (Å²) >= 11 is 0. The molecule has 1 saturated carbocycles. The van der Waals surface area contributed by atoms with Crippen LogP contribution < -0.4 is 15.2 Å². The van der Waals surface area contributed by atoms with Crippen molar-refractivity contribution in [1.29, 1.82) is 0 Å². The molecule has 1 fully saturated rings. The average Bonchev–Trinajstić information content (AvgIpc) is 2.30. The molecule has 0 atom stereocenters. The number of rotatable bonds is 4. The minimum atomic E-state index is 0.0937. The lowest BCUT2D eigenvalue weighted by Gasteiger charge is -2.43. The highest BCUT2D eigenvalue weighted by molar-refractivity contribution is 5.58. The molecule has 1 aliphatic rings. The van der Waals surface area contributed by atoms with Gasteiger partial charge in [0.25, 0.3) is 0 Å². The standard InChI is InChI=1S/C15H23NO2/c1-10-8-11(2)13(17-3)14(18-4)12(10)15(9-16)6-5-7-15/h8H,5-7,9,16H2,1-4H3. The Hall–Kier alpha value is -1.22. The molecule has 0 radical (unpaired) electrons. The van der Waals surface area contributed by atoms with Crippen molar-refractivity contribution in [1.82, 2.24) is 0 Å².